The van der Waals surface area contributed by atoms with Crippen molar-refractivity contribution in [3.8, 4) is 0 Å². The van der Waals surface area contributed by atoms with Gasteiger partial charge in [0.2, 0.25) is 12.3 Å². The number of carbonyl (C=O) groups is 2. The number of fused-ring (bicyclic) bond motifs is 1. The Morgan fingerprint density at radius 3 is 2.47 bits per heavy atom. The van der Waals surface area contributed by atoms with Gasteiger partial charge in [-0.25, -0.2) is 4.90 Å². The summed E-state index contributed by atoms with van der Waals surface area (Å²) in [5, 5.41) is 27.0. The highest BCUT2D eigenvalue weighted by Gasteiger charge is 2.50. The molecule has 0 aromatic carbocycles. The van der Waals surface area contributed by atoms with Crippen molar-refractivity contribution >= 4 is 11.8 Å². The molecule has 3 fully saturated rings. The van der Waals surface area contributed by atoms with Crippen LogP contribution in [0.25, 0.3) is 0 Å². The van der Waals surface area contributed by atoms with E-state index in [1.54, 1.807) is 4.90 Å². The molecule has 3 rings (SSSR count). The molecule has 0 radical (unpaired) electrons. The van der Waals surface area contributed by atoms with E-state index < -0.39 is 36.1 Å². The van der Waals surface area contributed by atoms with Crippen LogP contribution in [-0.4, -0.2) is 69.7 Å². The molecule has 6 atom stereocenters. The van der Waals surface area contributed by atoms with Crippen LogP contribution in [0.3, 0.4) is 0 Å². The first-order chi connectivity index (χ1) is 14.1. The molecule has 4 N–H and O–H groups in total. The molecule has 8 heteroatoms. The van der Waals surface area contributed by atoms with Crippen molar-refractivity contribution < 1.29 is 24.5 Å². The van der Waals surface area contributed by atoms with Crippen molar-refractivity contribution in [2.24, 2.45) is 11.8 Å². The molecule has 3 aliphatic rings. The van der Waals surface area contributed by atoms with Gasteiger partial charge in [0.05, 0.1) is 17.7 Å². The molecule has 172 valence electrons. The summed E-state index contributed by atoms with van der Waals surface area (Å²) in [4.78, 5) is 27.4. The third-order valence-electron chi connectivity index (χ3n) is 6.44. The van der Waals surface area contributed by atoms with E-state index in [4.69, 9.17) is 4.74 Å². The lowest BCUT2D eigenvalue weighted by Crippen LogP contribution is -2.57. The molecule has 2 amide bonds. The van der Waals surface area contributed by atoms with Gasteiger partial charge in [-0.3, -0.25) is 9.59 Å². The normalized spacial score (nSPS) is 29.9. The minimum atomic E-state index is -1.28. The van der Waals surface area contributed by atoms with E-state index in [1.165, 1.54) is 0 Å². The second-order valence-corrected chi connectivity index (χ2v) is 10.2. The Hall–Kier alpha value is -1.22. The largest absolute Gasteiger partial charge is 0.381 e. The van der Waals surface area contributed by atoms with Crippen molar-refractivity contribution in [2.45, 2.75) is 109 Å². The molecule has 2 aliphatic carbocycles. The van der Waals surface area contributed by atoms with Gasteiger partial charge in [-0.05, 0) is 64.7 Å². The summed E-state index contributed by atoms with van der Waals surface area (Å²) in [7, 11) is 0. The Labute approximate surface area is 179 Å². The van der Waals surface area contributed by atoms with Gasteiger partial charge in [0, 0.05) is 12.6 Å². The number of hydrogen-bond acceptors (Lipinski definition) is 6. The van der Waals surface area contributed by atoms with Crippen molar-refractivity contribution in [3.63, 3.8) is 0 Å². The van der Waals surface area contributed by atoms with Crippen LogP contribution < -0.4 is 10.6 Å². The van der Waals surface area contributed by atoms with E-state index in [2.05, 4.69) is 10.6 Å². The highest BCUT2D eigenvalue weighted by Crippen LogP contribution is 2.43. The van der Waals surface area contributed by atoms with Gasteiger partial charge in [-0.2, -0.15) is 0 Å². The molecule has 0 aromatic rings. The number of aliphatic hydroxyl groups excluding tert-OH is 2. The molecule has 0 aromatic heterocycles. The average Bonchev–Trinajstić information content (AvgIpc) is 3.21. The van der Waals surface area contributed by atoms with Gasteiger partial charge in [-0.15, -0.1) is 0 Å². The van der Waals surface area contributed by atoms with Crippen molar-refractivity contribution in [3.05, 3.63) is 0 Å². The number of carbonyl (C=O) groups excluding carboxylic acids is 2. The summed E-state index contributed by atoms with van der Waals surface area (Å²) in [5.74, 6) is -0.151. The maximum absolute atomic E-state index is 13.4. The SMILES string of the molecule is CCC[C@H](NC(=O)[C@@H]1[C@H]2CCC[C@H]2CN1C(O)OC(C)(C)C)C(O)C(=O)NC1CC1. The Bertz CT molecular complexity index is 618. The van der Waals surface area contributed by atoms with Crippen molar-refractivity contribution in [1.29, 1.82) is 0 Å². The van der Waals surface area contributed by atoms with Crippen LogP contribution in [0.15, 0.2) is 0 Å². The maximum atomic E-state index is 13.4. The van der Waals surface area contributed by atoms with Crippen molar-refractivity contribution in [2.75, 3.05) is 6.54 Å². The van der Waals surface area contributed by atoms with Gasteiger partial charge in [0.15, 0.2) is 6.10 Å². The second kappa shape index (κ2) is 9.51. The molecule has 0 bridgehead atoms. The van der Waals surface area contributed by atoms with Gasteiger partial charge < -0.3 is 25.6 Å². The summed E-state index contributed by atoms with van der Waals surface area (Å²) in [6.07, 6.45) is 3.72. The molecule has 1 aliphatic heterocycles. The van der Waals surface area contributed by atoms with Crippen molar-refractivity contribution in [1.82, 2.24) is 15.5 Å². The monoisotopic (exact) mass is 425 g/mol. The first kappa shape index (κ1) is 23.4. The lowest BCUT2D eigenvalue weighted by atomic mass is 9.93. The summed E-state index contributed by atoms with van der Waals surface area (Å²) >= 11 is 0. The third kappa shape index (κ3) is 5.72. The number of hydrogen-bond donors (Lipinski definition) is 4. The van der Waals surface area contributed by atoms with Crippen LogP contribution in [0.1, 0.15) is 72.6 Å². The van der Waals surface area contributed by atoms with Gasteiger partial charge in [0.1, 0.15) is 0 Å². The second-order valence-electron chi connectivity index (χ2n) is 10.2. The maximum Gasteiger partial charge on any atom is 0.251 e. The molecule has 0 spiro atoms. The minimum Gasteiger partial charge on any atom is -0.381 e. The minimum absolute atomic E-state index is 0.152. The van der Waals surface area contributed by atoms with E-state index in [-0.39, 0.29) is 17.9 Å². The van der Waals surface area contributed by atoms with E-state index in [0.717, 1.165) is 38.5 Å². The highest BCUT2D eigenvalue weighted by molar-refractivity contribution is 5.86. The van der Waals surface area contributed by atoms with E-state index in [9.17, 15) is 19.8 Å². The smallest absolute Gasteiger partial charge is 0.251 e. The Morgan fingerprint density at radius 1 is 1.17 bits per heavy atom. The molecule has 30 heavy (non-hydrogen) atoms. The van der Waals surface area contributed by atoms with E-state index in [1.807, 2.05) is 27.7 Å². The zero-order valence-electron chi connectivity index (χ0n) is 18.8. The number of likely N-dealkylation sites (tertiary alicyclic amines) is 1. The van der Waals surface area contributed by atoms with Crippen LogP contribution in [-0.2, 0) is 14.3 Å². The summed E-state index contributed by atoms with van der Waals surface area (Å²) in [6, 6.07) is -1.02. The topological polar surface area (TPSA) is 111 Å². The van der Waals surface area contributed by atoms with E-state index in [0.29, 0.717) is 18.9 Å². The van der Waals surface area contributed by atoms with Crippen LogP contribution in [0.2, 0.25) is 0 Å². The Kier molecular flexibility index (Phi) is 7.43. The fourth-order valence-electron chi connectivity index (χ4n) is 4.88. The highest BCUT2D eigenvalue weighted by atomic mass is 16.6. The number of amides is 2. The zero-order chi connectivity index (χ0) is 22.1. The van der Waals surface area contributed by atoms with Gasteiger partial charge in [0.25, 0.3) is 5.91 Å². The molecule has 1 saturated heterocycles. The van der Waals surface area contributed by atoms with Crippen LogP contribution >= 0.6 is 0 Å². The predicted octanol–water partition coefficient (Wildman–Crippen LogP) is 1.10. The lowest BCUT2D eigenvalue weighted by molar-refractivity contribution is -0.243. The molecule has 2 saturated carbocycles. The molecular formula is C22H39N3O5. The molecule has 2 unspecified atom stereocenters. The van der Waals surface area contributed by atoms with Gasteiger partial charge in [-0.1, -0.05) is 19.8 Å². The number of aliphatic hydroxyl groups is 2. The molecular weight excluding hydrogens is 386 g/mol. The summed E-state index contributed by atoms with van der Waals surface area (Å²) < 4.78 is 5.74. The summed E-state index contributed by atoms with van der Waals surface area (Å²) in [5.41, 5.74) is -0.542. The zero-order valence-corrected chi connectivity index (χ0v) is 18.8. The average molecular weight is 426 g/mol. The number of nitrogens with one attached hydrogen (secondary N) is 2. The van der Waals surface area contributed by atoms with Crippen LogP contribution in [0.5, 0.6) is 0 Å². The Balaban J connectivity index is 1.70. The van der Waals surface area contributed by atoms with Crippen LogP contribution in [0.4, 0.5) is 0 Å². The number of ether oxygens (including phenoxy) is 1. The lowest BCUT2D eigenvalue weighted by Gasteiger charge is -2.35. The predicted molar refractivity (Wildman–Crippen MR) is 112 cm³/mol. The van der Waals surface area contributed by atoms with E-state index >= 15 is 0 Å². The fourth-order valence-corrected chi connectivity index (χ4v) is 4.88. The fraction of sp³-hybridized carbons (Fsp3) is 0.909. The molecule has 8 nitrogen and oxygen atoms in total. The third-order valence-corrected chi connectivity index (χ3v) is 6.44. The first-order valence-corrected chi connectivity index (χ1v) is 11.5. The quantitative estimate of drug-likeness (QED) is 0.412. The standard InChI is InChI=1S/C22H39N3O5/c1-5-7-16(18(26)20(28)23-14-10-11-14)24-19(27)17-15-9-6-8-13(15)12-25(17)21(29)30-22(2,3)4/h13-18,21,26,29H,5-12H2,1-4H3,(H,23,28)(H,24,27)/t13-,15-,16-,17-,18?,21?/m0/s1. The number of nitrogens with zero attached hydrogens (tertiary/aromatic N) is 1. The summed E-state index contributed by atoms with van der Waals surface area (Å²) in [6.45, 7) is 8.18. The van der Waals surface area contributed by atoms with Crippen LogP contribution in [0, 0.1) is 11.8 Å². The van der Waals surface area contributed by atoms with Gasteiger partial charge >= 0.3 is 0 Å². The number of rotatable bonds is 9. The Morgan fingerprint density at radius 2 is 1.87 bits per heavy atom. The molecule has 1 heterocycles. The first-order valence-electron chi connectivity index (χ1n) is 11.5.